The van der Waals surface area contributed by atoms with Crippen LogP contribution in [0.2, 0.25) is 10.0 Å². The molecular weight excluding hydrogens is 425 g/mol. The van der Waals surface area contributed by atoms with Crippen LogP contribution in [-0.4, -0.2) is 42.1 Å². The molecule has 4 rings (SSSR count). The number of hydrogen-bond donors (Lipinski definition) is 2. The molecule has 0 aromatic heterocycles. The Hall–Kier alpha value is -2.44. The van der Waals surface area contributed by atoms with Gasteiger partial charge in [-0.3, -0.25) is 9.59 Å². The van der Waals surface area contributed by atoms with Crippen LogP contribution in [0.25, 0.3) is 0 Å². The fraction of sp³-hybridized carbons (Fsp3) is 0.364. The molecule has 2 aromatic rings. The highest BCUT2D eigenvalue weighted by atomic mass is 35.5. The minimum atomic E-state index is -0.462. The van der Waals surface area contributed by atoms with Crippen molar-refractivity contribution >= 4 is 40.7 Å². The van der Waals surface area contributed by atoms with Crippen molar-refractivity contribution < 1.29 is 14.3 Å². The number of anilines is 1. The molecule has 2 aliphatic rings. The Labute approximate surface area is 185 Å². The maximum atomic E-state index is 12.8. The molecule has 1 saturated carbocycles. The van der Waals surface area contributed by atoms with E-state index in [2.05, 4.69) is 10.6 Å². The third kappa shape index (κ3) is 4.20. The number of halogens is 2. The van der Waals surface area contributed by atoms with Gasteiger partial charge in [-0.15, -0.1) is 0 Å². The molecule has 1 fully saturated rings. The lowest BCUT2D eigenvalue weighted by Crippen LogP contribution is -2.61. The van der Waals surface area contributed by atoms with Gasteiger partial charge in [0.2, 0.25) is 0 Å². The molecule has 0 saturated heterocycles. The second kappa shape index (κ2) is 8.36. The van der Waals surface area contributed by atoms with Gasteiger partial charge < -0.3 is 20.3 Å². The van der Waals surface area contributed by atoms with E-state index in [9.17, 15) is 9.59 Å². The Bertz CT molecular complexity index is 957. The summed E-state index contributed by atoms with van der Waals surface area (Å²) in [6, 6.07) is 12.2. The van der Waals surface area contributed by atoms with Crippen molar-refractivity contribution in [1.29, 1.82) is 0 Å². The van der Waals surface area contributed by atoms with Crippen LogP contribution in [0.4, 0.5) is 5.69 Å². The molecular formula is C22H23Cl2N3O3. The van der Waals surface area contributed by atoms with E-state index in [0.29, 0.717) is 21.4 Å². The third-order valence-electron chi connectivity index (χ3n) is 5.89. The second-order valence-electron chi connectivity index (χ2n) is 7.80. The van der Waals surface area contributed by atoms with E-state index in [1.54, 1.807) is 47.4 Å². The van der Waals surface area contributed by atoms with Crippen LogP contribution in [0, 0.1) is 0 Å². The number of carbonyl (C=O) groups excluding carboxylic acids is 2. The zero-order chi connectivity index (χ0) is 21.3. The summed E-state index contributed by atoms with van der Waals surface area (Å²) >= 11 is 12.0. The summed E-state index contributed by atoms with van der Waals surface area (Å²) in [5, 5.41) is 7.78. The standard InChI is InChI=1S/C22H23Cl2N3O3/c1-27-21(29)18-7-4-15(24)12-19(18)26-22(27)10-8-16(9-11-22)25-20(28)13-30-17-5-2-14(23)3-6-17/h2-7,12,16,26H,8-11,13H2,1H3,(H,25,28). The smallest absolute Gasteiger partial charge is 0.258 e. The SMILES string of the molecule is CN1C(=O)c2ccc(Cl)cc2NC12CCC(NC(=O)COc1ccc(Cl)cc1)CC2. The molecule has 1 spiro atoms. The fourth-order valence-electron chi connectivity index (χ4n) is 4.17. The van der Waals surface area contributed by atoms with Gasteiger partial charge in [0, 0.05) is 23.1 Å². The summed E-state index contributed by atoms with van der Waals surface area (Å²) in [5.74, 6) is 0.421. The van der Waals surface area contributed by atoms with E-state index >= 15 is 0 Å². The van der Waals surface area contributed by atoms with E-state index in [4.69, 9.17) is 27.9 Å². The van der Waals surface area contributed by atoms with Gasteiger partial charge in [-0.05, 0) is 68.1 Å². The van der Waals surface area contributed by atoms with Crippen LogP contribution in [0.5, 0.6) is 5.75 Å². The zero-order valence-electron chi connectivity index (χ0n) is 16.6. The first-order valence-electron chi connectivity index (χ1n) is 9.90. The lowest BCUT2D eigenvalue weighted by atomic mass is 9.82. The number of ether oxygens (including phenoxy) is 1. The number of amides is 2. The largest absolute Gasteiger partial charge is 0.484 e. The van der Waals surface area contributed by atoms with E-state index in [1.807, 2.05) is 7.05 Å². The Morgan fingerprint density at radius 3 is 2.53 bits per heavy atom. The maximum Gasteiger partial charge on any atom is 0.258 e. The highest BCUT2D eigenvalue weighted by Gasteiger charge is 2.45. The fourth-order valence-corrected chi connectivity index (χ4v) is 4.46. The molecule has 6 nitrogen and oxygen atoms in total. The number of nitrogens with one attached hydrogen (secondary N) is 2. The molecule has 30 heavy (non-hydrogen) atoms. The van der Waals surface area contributed by atoms with Crippen LogP contribution in [-0.2, 0) is 4.79 Å². The van der Waals surface area contributed by atoms with Crippen molar-refractivity contribution in [3.05, 3.63) is 58.1 Å². The van der Waals surface area contributed by atoms with Crippen LogP contribution in [0.15, 0.2) is 42.5 Å². The minimum Gasteiger partial charge on any atom is -0.484 e. The lowest BCUT2D eigenvalue weighted by Gasteiger charge is -2.50. The quantitative estimate of drug-likeness (QED) is 0.731. The summed E-state index contributed by atoms with van der Waals surface area (Å²) in [4.78, 5) is 26.9. The van der Waals surface area contributed by atoms with Gasteiger partial charge in [0.1, 0.15) is 11.4 Å². The Morgan fingerprint density at radius 1 is 1.17 bits per heavy atom. The molecule has 8 heteroatoms. The molecule has 0 atom stereocenters. The second-order valence-corrected chi connectivity index (χ2v) is 8.67. The first-order chi connectivity index (χ1) is 14.4. The van der Waals surface area contributed by atoms with Crippen LogP contribution < -0.4 is 15.4 Å². The normalized spacial score (nSPS) is 23.0. The van der Waals surface area contributed by atoms with Gasteiger partial charge in [0.25, 0.3) is 11.8 Å². The molecule has 1 heterocycles. The van der Waals surface area contributed by atoms with Crippen molar-refractivity contribution in [1.82, 2.24) is 10.2 Å². The predicted octanol–water partition coefficient (Wildman–Crippen LogP) is 4.33. The van der Waals surface area contributed by atoms with Crippen LogP contribution in [0.3, 0.4) is 0 Å². The number of rotatable bonds is 4. The third-order valence-corrected chi connectivity index (χ3v) is 6.37. The Balaban J connectivity index is 1.33. The first-order valence-corrected chi connectivity index (χ1v) is 10.7. The highest BCUT2D eigenvalue weighted by molar-refractivity contribution is 6.31. The van der Waals surface area contributed by atoms with Crippen LogP contribution >= 0.6 is 23.2 Å². The average Bonchev–Trinajstić information content (AvgIpc) is 2.73. The molecule has 158 valence electrons. The molecule has 0 bridgehead atoms. The summed E-state index contributed by atoms with van der Waals surface area (Å²) in [6.07, 6.45) is 2.97. The van der Waals surface area contributed by atoms with Gasteiger partial charge in [0.05, 0.1) is 11.3 Å². The molecule has 1 aliphatic carbocycles. The van der Waals surface area contributed by atoms with Gasteiger partial charge in [0.15, 0.2) is 6.61 Å². The molecule has 2 amide bonds. The van der Waals surface area contributed by atoms with Crippen molar-refractivity contribution in [2.45, 2.75) is 37.4 Å². The summed E-state index contributed by atoms with van der Waals surface area (Å²) in [5.41, 5.74) is 0.933. The monoisotopic (exact) mass is 447 g/mol. The number of benzene rings is 2. The van der Waals surface area contributed by atoms with Gasteiger partial charge in [-0.1, -0.05) is 23.2 Å². The van der Waals surface area contributed by atoms with Gasteiger partial charge >= 0.3 is 0 Å². The maximum absolute atomic E-state index is 12.8. The highest BCUT2D eigenvalue weighted by Crippen LogP contribution is 2.40. The predicted molar refractivity (Wildman–Crippen MR) is 117 cm³/mol. The zero-order valence-corrected chi connectivity index (χ0v) is 18.1. The number of fused-ring (bicyclic) bond motifs is 1. The topological polar surface area (TPSA) is 70.7 Å². The lowest BCUT2D eigenvalue weighted by molar-refractivity contribution is -0.124. The molecule has 2 N–H and O–H groups in total. The van der Waals surface area contributed by atoms with E-state index < -0.39 is 5.66 Å². The van der Waals surface area contributed by atoms with E-state index in [0.717, 1.165) is 31.4 Å². The molecule has 1 aliphatic heterocycles. The van der Waals surface area contributed by atoms with Crippen molar-refractivity contribution in [3.63, 3.8) is 0 Å². The molecule has 2 aromatic carbocycles. The van der Waals surface area contributed by atoms with Gasteiger partial charge in [-0.2, -0.15) is 0 Å². The van der Waals surface area contributed by atoms with Crippen LogP contribution in [0.1, 0.15) is 36.0 Å². The molecule has 0 radical (unpaired) electrons. The first kappa shape index (κ1) is 20.8. The van der Waals surface area contributed by atoms with Crippen molar-refractivity contribution in [2.24, 2.45) is 0 Å². The van der Waals surface area contributed by atoms with Crippen molar-refractivity contribution in [2.75, 3.05) is 19.0 Å². The number of hydrogen-bond acceptors (Lipinski definition) is 4. The summed E-state index contributed by atoms with van der Waals surface area (Å²) in [7, 11) is 1.83. The van der Waals surface area contributed by atoms with Crippen molar-refractivity contribution in [3.8, 4) is 5.75 Å². The summed E-state index contributed by atoms with van der Waals surface area (Å²) < 4.78 is 5.51. The number of nitrogens with zero attached hydrogens (tertiary/aromatic N) is 1. The average molecular weight is 448 g/mol. The molecule has 0 unspecified atom stereocenters. The Morgan fingerprint density at radius 2 is 1.83 bits per heavy atom. The summed E-state index contributed by atoms with van der Waals surface area (Å²) in [6.45, 7) is -0.0498. The minimum absolute atomic E-state index is 0.0146. The van der Waals surface area contributed by atoms with Gasteiger partial charge in [-0.25, -0.2) is 0 Å². The number of carbonyl (C=O) groups is 2. The van der Waals surface area contributed by atoms with E-state index in [1.165, 1.54) is 0 Å². The van der Waals surface area contributed by atoms with E-state index in [-0.39, 0.29) is 24.5 Å². The Kier molecular flexibility index (Phi) is 5.80.